The van der Waals surface area contributed by atoms with Crippen molar-refractivity contribution in [2.45, 2.75) is 19.3 Å². The smallest absolute Gasteiger partial charge is 0.284 e. The van der Waals surface area contributed by atoms with Crippen LogP contribution in [0.15, 0.2) is 77.9 Å². The summed E-state index contributed by atoms with van der Waals surface area (Å²) in [5.74, 6) is -0.408. The van der Waals surface area contributed by atoms with Crippen LogP contribution >= 0.6 is 12.4 Å². The van der Waals surface area contributed by atoms with Crippen molar-refractivity contribution in [2.24, 2.45) is 5.73 Å². The first-order chi connectivity index (χ1) is 16.1. The number of anilines is 1. The maximum absolute atomic E-state index is 11.3. The molecule has 8 nitrogen and oxygen atoms in total. The Hall–Kier alpha value is -4.19. The van der Waals surface area contributed by atoms with Crippen LogP contribution in [0.1, 0.15) is 34.5 Å². The van der Waals surface area contributed by atoms with Crippen LogP contribution < -0.4 is 10.6 Å². The average molecular weight is 492 g/mol. The summed E-state index contributed by atoms with van der Waals surface area (Å²) in [7, 11) is 0. The van der Waals surface area contributed by atoms with E-state index in [0.717, 1.165) is 47.8 Å². The van der Waals surface area contributed by atoms with Crippen LogP contribution in [-0.4, -0.2) is 27.8 Å². The number of aryl methyl sites for hydroxylation is 1. The van der Waals surface area contributed by atoms with Crippen LogP contribution in [0.3, 0.4) is 0 Å². The second-order valence-electron chi connectivity index (χ2n) is 8.08. The fraction of sp³-hybridized carbons (Fsp3) is 0.154. The molecule has 5 N–H and O–H groups in total. The highest BCUT2D eigenvalue weighted by molar-refractivity contribution is 5.95. The molecule has 4 aromatic rings. The predicted octanol–water partition coefficient (Wildman–Crippen LogP) is 4.57. The fourth-order valence-corrected chi connectivity index (χ4v) is 4.11. The molecular weight excluding hydrogens is 466 g/mol. The molecule has 2 aromatic heterocycles. The summed E-state index contributed by atoms with van der Waals surface area (Å²) >= 11 is 0. The van der Waals surface area contributed by atoms with Crippen molar-refractivity contribution in [2.75, 3.05) is 11.4 Å². The minimum atomic E-state index is -0.572. The van der Waals surface area contributed by atoms with E-state index in [0.29, 0.717) is 11.1 Å². The lowest BCUT2D eigenvalue weighted by Gasteiger charge is -2.25. The van der Waals surface area contributed by atoms with Gasteiger partial charge in [0, 0.05) is 59.5 Å². The van der Waals surface area contributed by atoms with E-state index in [1.165, 1.54) is 5.56 Å². The Morgan fingerprint density at radius 1 is 1.06 bits per heavy atom. The first-order valence-corrected chi connectivity index (χ1v) is 10.8. The zero-order valence-electron chi connectivity index (χ0n) is 18.9. The Morgan fingerprint density at radius 3 is 2.60 bits per heavy atom. The number of primary amides is 1. The van der Waals surface area contributed by atoms with Crippen LogP contribution in [0, 0.1) is 11.3 Å². The third kappa shape index (κ3) is 5.32. The number of nitrogens with zero attached hydrogens (tertiary/aromatic N) is 3. The number of aromatic nitrogens is 1. The molecule has 3 heterocycles. The summed E-state index contributed by atoms with van der Waals surface area (Å²) in [6.07, 6.45) is 13.3. The highest BCUT2D eigenvalue weighted by atomic mass is 35.5. The van der Waals surface area contributed by atoms with Crippen LogP contribution in [0.25, 0.3) is 21.9 Å². The molecule has 1 aliphatic heterocycles. The monoisotopic (exact) mass is 491 g/mol. The number of furan rings is 1. The van der Waals surface area contributed by atoms with Gasteiger partial charge in [-0.3, -0.25) is 4.79 Å². The van der Waals surface area contributed by atoms with Crippen LogP contribution in [-0.2, 0) is 6.42 Å². The molecule has 0 bridgehead atoms. The van der Waals surface area contributed by atoms with E-state index in [4.69, 9.17) is 15.4 Å². The number of fused-ring (bicyclic) bond motifs is 2. The quantitative estimate of drug-likeness (QED) is 0.365. The molecule has 0 fully saturated rings. The second-order valence-corrected chi connectivity index (χ2v) is 8.08. The van der Waals surface area contributed by atoms with Gasteiger partial charge in [-0.25, -0.2) is 0 Å². The molecule has 0 saturated heterocycles. The Labute approximate surface area is 208 Å². The lowest BCUT2D eigenvalue weighted by atomic mass is 10.1. The van der Waals surface area contributed by atoms with Gasteiger partial charge in [0.05, 0.1) is 11.6 Å². The molecule has 35 heavy (non-hydrogen) atoms. The van der Waals surface area contributed by atoms with Crippen molar-refractivity contribution in [1.82, 2.24) is 9.88 Å². The zero-order valence-corrected chi connectivity index (χ0v) is 19.7. The van der Waals surface area contributed by atoms with E-state index < -0.39 is 5.91 Å². The Balaban J connectivity index is 0.00000171. The molecule has 0 unspecified atom stereocenters. The normalized spacial score (nSPS) is 12.4. The highest BCUT2D eigenvalue weighted by Gasteiger charge is 2.12. The SMILES string of the molecule is Cl.N#Cc1ccc2[nH]cc(CCCCN3C=CN(c4ccc5oc(C(N)=O)cc5c4)C=C3)c2c1.O. The lowest BCUT2D eigenvalue weighted by molar-refractivity contribution is 0.0976. The molecular formula is C26H26ClN5O3. The number of nitrogens with one attached hydrogen (secondary N) is 1. The number of nitriles is 1. The van der Waals surface area contributed by atoms with Crippen molar-refractivity contribution < 1.29 is 14.7 Å². The lowest BCUT2D eigenvalue weighted by Crippen LogP contribution is -2.20. The van der Waals surface area contributed by atoms with E-state index in [9.17, 15) is 4.79 Å². The zero-order chi connectivity index (χ0) is 22.8. The van der Waals surface area contributed by atoms with Gasteiger partial charge in [-0.1, -0.05) is 0 Å². The third-order valence-corrected chi connectivity index (χ3v) is 5.89. The van der Waals surface area contributed by atoms with Gasteiger partial charge in [-0.2, -0.15) is 5.26 Å². The largest absolute Gasteiger partial charge is 0.451 e. The standard InChI is InChI=1S/C26H23N5O2.ClH.H2O/c27-16-18-4-6-23-22(13-18)19(17-29-23)3-1-2-8-30-9-11-31(12-10-30)21-5-7-24-20(14-21)15-25(33-24)26(28)32;;/h4-7,9-15,17,29H,1-3,8H2,(H2,28,32);1H;1H2. The molecule has 9 heteroatoms. The van der Waals surface area contributed by atoms with Gasteiger partial charge in [0.1, 0.15) is 5.58 Å². The summed E-state index contributed by atoms with van der Waals surface area (Å²) in [5, 5.41) is 11.1. The summed E-state index contributed by atoms with van der Waals surface area (Å²) < 4.78 is 5.45. The topological polar surface area (TPSA) is 134 Å². The number of H-pyrrole nitrogens is 1. The molecule has 0 saturated carbocycles. The van der Waals surface area contributed by atoms with E-state index in [-0.39, 0.29) is 23.6 Å². The molecule has 2 aromatic carbocycles. The van der Waals surface area contributed by atoms with Crippen molar-refractivity contribution >= 4 is 45.9 Å². The highest BCUT2D eigenvalue weighted by Crippen LogP contribution is 2.27. The van der Waals surface area contributed by atoms with Gasteiger partial charge < -0.3 is 30.4 Å². The average Bonchev–Trinajstić information content (AvgIpc) is 3.45. The molecule has 5 rings (SSSR count). The Morgan fingerprint density at radius 2 is 1.86 bits per heavy atom. The Kier molecular flexibility index (Phi) is 7.87. The minimum Gasteiger partial charge on any atom is -0.451 e. The number of aromatic amines is 1. The maximum Gasteiger partial charge on any atom is 0.284 e. The number of hydrogen-bond acceptors (Lipinski definition) is 5. The van der Waals surface area contributed by atoms with Gasteiger partial charge in [0.25, 0.3) is 5.91 Å². The third-order valence-electron chi connectivity index (χ3n) is 5.89. The number of rotatable bonds is 7. The van der Waals surface area contributed by atoms with Gasteiger partial charge in [0.15, 0.2) is 5.76 Å². The van der Waals surface area contributed by atoms with E-state index in [1.54, 1.807) is 6.07 Å². The number of nitrogens with two attached hydrogens (primary N) is 1. The van der Waals surface area contributed by atoms with Crippen molar-refractivity contribution in [1.29, 1.82) is 5.26 Å². The number of unbranched alkanes of at least 4 members (excludes halogenated alkanes) is 1. The summed E-state index contributed by atoms with van der Waals surface area (Å²) in [6, 6.07) is 15.4. The van der Waals surface area contributed by atoms with Gasteiger partial charge in [-0.05, 0) is 67.3 Å². The van der Waals surface area contributed by atoms with E-state index >= 15 is 0 Å². The van der Waals surface area contributed by atoms with Crippen molar-refractivity contribution in [3.05, 3.63) is 90.3 Å². The predicted molar refractivity (Wildman–Crippen MR) is 139 cm³/mol. The van der Waals surface area contributed by atoms with Gasteiger partial charge in [-0.15, -0.1) is 12.4 Å². The molecule has 0 atom stereocenters. The molecule has 1 aliphatic rings. The molecule has 1 amide bonds. The number of benzene rings is 2. The number of carbonyl (C=O) groups is 1. The molecule has 180 valence electrons. The summed E-state index contributed by atoms with van der Waals surface area (Å²) in [4.78, 5) is 18.8. The van der Waals surface area contributed by atoms with Crippen LogP contribution in [0.5, 0.6) is 0 Å². The van der Waals surface area contributed by atoms with E-state index in [2.05, 4.69) is 28.4 Å². The van der Waals surface area contributed by atoms with Gasteiger partial charge in [0.2, 0.25) is 0 Å². The number of amides is 1. The first-order valence-electron chi connectivity index (χ1n) is 10.8. The molecule has 0 aliphatic carbocycles. The number of hydrogen-bond donors (Lipinski definition) is 2. The van der Waals surface area contributed by atoms with Crippen molar-refractivity contribution in [3.63, 3.8) is 0 Å². The maximum atomic E-state index is 11.3. The van der Waals surface area contributed by atoms with Crippen LogP contribution in [0.4, 0.5) is 5.69 Å². The van der Waals surface area contributed by atoms with Crippen LogP contribution in [0.2, 0.25) is 0 Å². The first kappa shape index (κ1) is 25.4. The van der Waals surface area contributed by atoms with E-state index in [1.807, 2.05) is 59.9 Å². The van der Waals surface area contributed by atoms with Gasteiger partial charge >= 0.3 is 0 Å². The number of halogens is 1. The Bertz CT molecular complexity index is 1430. The number of carbonyl (C=O) groups excluding carboxylic acids is 1. The summed E-state index contributed by atoms with van der Waals surface area (Å²) in [6.45, 7) is 0.926. The summed E-state index contributed by atoms with van der Waals surface area (Å²) in [5.41, 5.74) is 9.94. The van der Waals surface area contributed by atoms with Crippen molar-refractivity contribution in [3.8, 4) is 6.07 Å². The minimum absolute atomic E-state index is 0. The fourth-order valence-electron chi connectivity index (χ4n) is 4.11. The molecule has 0 spiro atoms. The molecule has 0 radical (unpaired) electrons. The second kappa shape index (κ2) is 10.8.